The van der Waals surface area contributed by atoms with Crippen LogP contribution in [0.1, 0.15) is 6.23 Å². The SMILES string of the molecule is N/N=c1/nc[nH]c2c1ncn2[C@@H]1O[C@H]([C@H](O)C#CC(F)(F)F)[C@@H](O)[C@H]1O. The molecule has 6 N–H and O–H groups in total. The van der Waals surface area contributed by atoms with E-state index in [1.165, 1.54) is 17.2 Å². The van der Waals surface area contributed by atoms with E-state index in [9.17, 15) is 28.5 Å². The number of alkyl halides is 3. The maximum Gasteiger partial charge on any atom is 0.457 e. The fourth-order valence-corrected chi connectivity index (χ4v) is 2.58. The van der Waals surface area contributed by atoms with Gasteiger partial charge in [0.2, 0.25) is 5.49 Å². The number of hydrogen-bond acceptors (Lipinski definition) is 8. The van der Waals surface area contributed by atoms with Crippen molar-refractivity contribution in [2.24, 2.45) is 10.9 Å². The molecule has 26 heavy (non-hydrogen) atoms. The van der Waals surface area contributed by atoms with Crippen molar-refractivity contribution in [3.63, 3.8) is 0 Å². The lowest BCUT2D eigenvalue weighted by molar-refractivity contribution is -0.0744. The van der Waals surface area contributed by atoms with Gasteiger partial charge in [0, 0.05) is 5.92 Å². The first-order valence-electron chi connectivity index (χ1n) is 7.16. The number of halogens is 3. The first-order valence-corrected chi connectivity index (χ1v) is 7.16. The van der Waals surface area contributed by atoms with Crippen LogP contribution >= 0.6 is 0 Å². The molecule has 0 aliphatic carbocycles. The summed E-state index contributed by atoms with van der Waals surface area (Å²) < 4.78 is 43.0. The summed E-state index contributed by atoms with van der Waals surface area (Å²) in [5.74, 6) is 7.64. The third-order valence-corrected chi connectivity index (χ3v) is 3.74. The van der Waals surface area contributed by atoms with Gasteiger partial charge in [-0.25, -0.2) is 9.97 Å². The van der Waals surface area contributed by atoms with Gasteiger partial charge in [0.1, 0.15) is 30.1 Å². The Morgan fingerprint density at radius 1 is 1.35 bits per heavy atom. The smallest absolute Gasteiger partial charge is 0.387 e. The average molecular weight is 374 g/mol. The van der Waals surface area contributed by atoms with E-state index in [2.05, 4.69) is 20.1 Å². The summed E-state index contributed by atoms with van der Waals surface area (Å²) in [7, 11) is 0. The second-order valence-electron chi connectivity index (χ2n) is 5.39. The van der Waals surface area contributed by atoms with E-state index in [0.29, 0.717) is 0 Å². The van der Waals surface area contributed by atoms with Gasteiger partial charge in [-0.2, -0.15) is 18.3 Å². The Kier molecular flexibility index (Phi) is 4.59. The van der Waals surface area contributed by atoms with E-state index in [4.69, 9.17) is 10.6 Å². The molecule has 0 bridgehead atoms. The molecule has 1 fully saturated rings. The Morgan fingerprint density at radius 2 is 2.08 bits per heavy atom. The molecule has 140 valence electrons. The van der Waals surface area contributed by atoms with Crippen LogP contribution in [0.15, 0.2) is 17.8 Å². The lowest BCUT2D eigenvalue weighted by atomic mass is 10.1. The highest BCUT2D eigenvalue weighted by molar-refractivity contribution is 5.68. The molecule has 13 heteroatoms. The van der Waals surface area contributed by atoms with Crippen molar-refractivity contribution >= 4 is 11.2 Å². The molecule has 10 nitrogen and oxygen atoms in total. The summed E-state index contributed by atoms with van der Waals surface area (Å²) in [5.41, 5.74) is 0.608. The van der Waals surface area contributed by atoms with Crippen LogP contribution in [-0.4, -0.2) is 65.4 Å². The van der Waals surface area contributed by atoms with Gasteiger partial charge in [0.25, 0.3) is 0 Å². The van der Waals surface area contributed by atoms with E-state index < -0.39 is 36.8 Å². The molecule has 1 saturated heterocycles. The van der Waals surface area contributed by atoms with E-state index in [1.807, 2.05) is 0 Å². The largest absolute Gasteiger partial charge is 0.457 e. The maximum atomic E-state index is 12.1. The van der Waals surface area contributed by atoms with Gasteiger partial charge in [-0.05, 0) is 0 Å². The van der Waals surface area contributed by atoms with Crippen LogP contribution in [-0.2, 0) is 4.74 Å². The summed E-state index contributed by atoms with van der Waals surface area (Å²) in [5, 5.41) is 33.4. The maximum absolute atomic E-state index is 12.1. The summed E-state index contributed by atoms with van der Waals surface area (Å²) in [6, 6.07) is 0. The Hall–Kier alpha value is -2.66. The van der Waals surface area contributed by atoms with E-state index in [0.717, 1.165) is 5.92 Å². The zero-order valence-electron chi connectivity index (χ0n) is 12.8. The minimum absolute atomic E-state index is 0.0955. The second kappa shape index (κ2) is 6.57. The van der Waals surface area contributed by atoms with Crippen LogP contribution in [0.4, 0.5) is 13.2 Å². The zero-order chi connectivity index (χ0) is 19.1. The van der Waals surface area contributed by atoms with Crippen LogP contribution in [0, 0.1) is 11.8 Å². The highest BCUT2D eigenvalue weighted by atomic mass is 19.4. The van der Waals surface area contributed by atoms with Crippen molar-refractivity contribution in [1.29, 1.82) is 0 Å². The van der Waals surface area contributed by atoms with Crippen molar-refractivity contribution in [3.05, 3.63) is 18.1 Å². The van der Waals surface area contributed by atoms with E-state index in [-0.39, 0.29) is 16.7 Å². The highest BCUT2D eigenvalue weighted by Gasteiger charge is 2.47. The number of nitrogens with zero attached hydrogens (tertiary/aromatic N) is 4. The van der Waals surface area contributed by atoms with Crippen LogP contribution < -0.4 is 11.3 Å². The molecule has 0 radical (unpaired) electrons. The number of H-pyrrole nitrogens is 1. The minimum Gasteiger partial charge on any atom is -0.387 e. The molecule has 1 aliphatic heterocycles. The van der Waals surface area contributed by atoms with Gasteiger partial charge >= 0.3 is 6.18 Å². The molecule has 3 rings (SSSR count). The molecule has 0 unspecified atom stereocenters. The monoisotopic (exact) mass is 374 g/mol. The lowest BCUT2D eigenvalue weighted by Crippen LogP contribution is -2.38. The number of fused-ring (bicyclic) bond motifs is 1. The Morgan fingerprint density at radius 3 is 2.73 bits per heavy atom. The topological polar surface area (TPSA) is 155 Å². The molecule has 2 aromatic rings. The summed E-state index contributed by atoms with van der Waals surface area (Å²) in [6.07, 6.45) is -10.4. The third kappa shape index (κ3) is 3.22. The number of aliphatic hydroxyl groups excluding tert-OH is 3. The Bertz CT molecular complexity index is 930. The number of nitrogens with two attached hydrogens (primary N) is 1. The zero-order valence-corrected chi connectivity index (χ0v) is 12.8. The Balaban J connectivity index is 1.92. The van der Waals surface area contributed by atoms with Gasteiger partial charge in [-0.1, -0.05) is 5.92 Å². The molecular weight excluding hydrogens is 361 g/mol. The van der Waals surface area contributed by atoms with Crippen LogP contribution in [0.5, 0.6) is 0 Å². The summed E-state index contributed by atoms with van der Waals surface area (Å²) in [6.45, 7) is 0. The van der Waals surface area contributed by atoms with Gasteiger partial charge in [-0.3, -0.25) is 4.57 Å². The molecular formula is C13H13F3N6O4. The van der Waals surface area contributed by atoms with Gasteiger partial charge in [0.05, 0.1) is 12.7 Å². The molecule has 0 saturated carbocycles. The number of nitrogens with one attached hydrogen (secondary N) is 1. The number of aromatic nitrogens is 4. The standard InChI is InChI=1S/C13H13F3N6O4/c14-13(15,16)2-1-5(23)9-7(24)8(25)12(26-9)22-4-20-6-10(21-17)18-3-19-11(6)22/h3-5,7-9,12,23-25H,17H2,(H,18,19,21)/t5-,7+,8-,9-,12-/m1/s1. The predicted molar refractivity (Wildman–Crippen MR) is 77.4 cm³/mol. The summed E-state index contributed by atoms with van der Waals surface area (Å²) in [4.78, 5) is 10.6. The van der Waals surface area contributed by atoms with Crippen molar-refractivity contribution in [3.8, 4) is 11.8 Å². The minimum atomic E-state index is -4.81. The van der Waals surface area contributed by atoms with Crippen LogP contribution in [0.3, 0.4) is 0 Å². The summed E-state index contributed by atoms with van der Waals surface area (Å²) >= 11 is 0. The average Bonchev–Trinajstić information content (AvgIpc) is 3.14. The first-order chi connectivity index (χ1) is 12.2. The van der Waals surface area contributed by atoms with Crippen LogP contribution in [0.25, 0.3) is 11.2 Å². The molecule has 0 spiro atoms. The van der Waals surface area contributed by atoms with Crippen molar-refractivity contribution in [2.75, 3.05) is 0 Å². The molecule has 5 atom stereocenters. The third-order valence-electron chi connectivity index (χ3n) is 3.74. The molecule has 0 amide bonds. The first kappa shape index (κ1) is 18.1. The second-order valence-corrected chi connectivity index (χ2v) is 5.39. The van der Waals surface area contributed by atoms with E-state index in [1.54, 1.807) is 5.92 Å². The Labute approximate surface area is 142 Å². The van der Waals surface area contributed by atoms with Gasteiger partial charge < -0.3 is 30.9 Å². The van der Waals surface area contributed by atoms with Crippen molar-refractivity contribution < 1.29 is 33.2 Å². The molecule has 0 aromatic carbocycles. The number of hydrogen-bond donors (Lipinski definition) is 5. The highest BCUT2D eigenvalue weighted by Crippen LogP contribution is 2.32. The molecule has 3 heterocycles. The number of ether oxygens (including phenoxy) is 1. The van der Waals surface area contributed by atoms with Gasteiger partial charge in [-0.15, -0.1) is 0 Å². The number of aromatic amines is 1. The fraction of sp³-hybridized carbons (Fsp3) is 0.462. The quantitative estimate of drug-likeness (QED) is 0.233. The number of imidazole rings is 1. The van der Waals surface area contributed by atoms with Crippen LogP contribution in [0.2, 0.25) is 0 Å². The predicted octanol–water partition coefficient (Wildman–Crippen LogP) is -1.92. The van der Waals surface area contributed by atoms with Gasteiger partial charge in [0.15, 0.2) is 11.7 Å². The normalized spacial score (nSPS) is 28.2. The lowest BCUT2D eigenvalue weighted by Gasteiger charge is -2.17. The van der Waals surface area contributed by atoms with Crippen molar-refractivity contribution in [2.45, 2.75) is 36.8 Å². The van der Waals surface area contributed by atoms with Crippen molar-refractivity contribution in [1.82, 2.24) is 19.5 Å². The fourth-order valence-electron chi connectivity index (χ4n) is 2.58. The molecule has 2 aromatic heterocycles. The number of aliphatic hydroxyl groups is 3. The van der Waals surface area contributed by atoms with E-state index >= 15 is 0 Å². The number of rotatable bonds is 2. The molecule has 1 aliphatic rings.